The van der Waals surface area contributed by atoms with Gasteiger partial charge >= 0.3 is 5.97 Å². The van der Waals surface area contributed by atoms with Crippen LogP contribution < -0.4 is 5.32 Å². The zero-order chi connectivity index (χ0) is 16.2. The number of benzene rings is 1. The number of rotatable bonds is 5. The molecule has 0 amide bonds. The predicted molar refractivity (Wildman–Crippen MR) is 90.6 cm³/mol. The third-order valence-electron chi connectivity index (χ3n) is 3.35. The largest absolute Gasteiger partial charge is 0.477 e. The second-order valence-electron chi connectivity index (χ2n) is 5.09. The molecule has 0 saturated carbocycles. The second kappa shape index (κ2) is 6.58. The fraction of sp³-hybridized carbons (Fsp3) is 0.118. The Hall–Kier alpha value is -2.73. The Morgan fingerprint density at radius 1 is 1.13 bits per heavy atom. The fourth-order valence-corrected chi connectivity index (χ4v) is 3.04. The smallest absolute Gasteiger partial charge is 0.347 e. The number of aromatic nitrogens is 2. The first kappa shape index (κ1) is 15.2. The summed E-state index contributed by atoms with van der Waals surface area (Å²) in [6, 6.07) is 12.0. The van der Waals surface area contributed by atoms with E-state index in [-0.39, 0.29) is 4.88 Å². The van der Waals surface area contributed by atoms with Crippen molar-refractivity contribution in [3.63, 3.8) is 0 Å². The number of nitrogens with zero attached hydrogens (tertiary/aromatic N) is 2. The number of thiazole rings is 1. The van der Waals surface area contributed by atoms with Gasteiger partial charge in [0.1, 0.15) is 4.88 Å². The lowest BCUT2D eigenvalue weighted by atomic mass is 10.1. The van der Waals surface area contributed by atoms with Crippen molar-refractivity contribution in [1.29, 1.82) is 0 Å². The van der Waals surface area contributed by atoms with Gasteiger partial charge in [0.25, 0.3) is 0 Å². The topological polar surface area (TPSA) is 75.1 Å². The van der Waals surface area contributed by atoms with Crippen LogP contribution in [0.2, 0.25) is 0 Å². The number of aryl methyl sites for hydroxylation is 1. The molecule has 0 saturated heterocycles. The van der Waals surface area contributed by atoms with Gasteiger partial charge in [0.15, 0.2) is 5.13 Å². The standard InChI is InChI=1S/C17H15N3O2S/c1-11-15(16(21)22)23-17(19-11)20-14-4-2-12(3-5-14)10-13-6-8-18-9-7-13/h2-9H,10H2,1H3,(H,19,20)(H,21,22). The first-order chi connectivity index (χ1) is 11.1. The van der Waals surface area contributed by atoms with Crippen molar-refractivity contribution in [2.24, 2.45) is 0 Å². The van der Waals surface area contributed by atoms with Crippen LogP contribution in [0, 0.1) is 6.92 Å². The number of carbonyl (C=O) groups is 1. The van der Waals surface area contributed by atoms with Gasteiger partial charge in [0.05, 0.1) is 5.69 Å². The Kier molecular flexibility index (Phi) is 4.34. The number of hydrogen-bond donors (Lipinski definition) is 2. The Balaban J connectivity index is 1.70. The highest BCUT2D eigenvalue weighted by atomic mass is 32.1. The highest BCUT2D eigenvalue weighted by Crippen LogP contribution is 2.26. The molecule has 0 aliphatic rings. The third-order valence-corrected chi connectivity index (χ3v) is 4.41. The van der Waals surface area contributed by atoms with Crippen LogP contribution in [0.4, 0.5) is 10.8 Å². The predicted octanol–water partition coefficient (Wildman–Crippen LogP) is 3.88. The summed E-state index contributed by atoms with van der Waals surface area (Å²) in [5.41, 5.74) is 3.82. The molecule has 0 fully saturated rings. The van der Waals surface area contributed by atoms with Crippen molar-refractivity contribution >= 4 is 28.1 Å². The molecule has 0 aliphatic carbocycles. The first-order valence-electron chi connectivity index (χ1n) is 7.07. The average Bonchev–Trinajstić information content (AvgIpc) is 2.91. The minimum atomic E-state index is -0.944. The maximum Gasteiger partial charge on any atom is 0.347 e. The molecule has 0 radical (unpaired) electrons. The van der Waals surface area contributed by atoms with E-state index >= 15 is 0 Å². The Morgan fingerprint density at radius 2 is 1.78 bits per heavy atom. The monoisotopic (exact) mass is 325 g/mol. The molecule has 5 nitrogen and oxygen atoms in total. The zero-order valence-corrected chi connectivity index (χ0v) is 13.3. The normalized spacial score (nSPS) is 10.5. The van der Waals surface area contributed by atoms with E-state index < -0.39 is 5.97 Å². The Bertz CT molecular complexity index is 814. The number of carboxylic acids is 1. The van der Waals surface area contributed by atoms with Crippen LogP contribution >= 0.6 is 11.3 Å². The summed E-state index contributed by atoms with van der Waals surface area (Å²) >= 11 is 1.14. The minimum absolute atomic E-state index is 0.266. The van der Waals surface area contributed by atoms with Crippen LogP contribution in [0.1, 0.15) is 26.5 Å². The third kappa shape index (κ3) is 3.73. The van der Waals surface area contributed by atoms with Crippen molar-refractivity contribution in [3.05, 3.63) is 70.5 Å². The van der Waals surface area contributed by atoms with Crippen LogP contribution in [0.25, 0.3) is 0 Å². The maximum absolute atomic E-state index is 11.0. The number of hydrogen-bond acceptors (Lipinski definition) is 5. The number of anilines is 2. The molecule has 0 aliphatic heterocycles. The van der Waals surface area contributed by atoms with E-state index in [2.05, 4.69) is 15.3 Å². The molecule has 116 valence electrons. The van der Waals surface area contributed by atoms with E-state index in [0.717, 1.165) is 23.4 Å². The first-order valence-corrected chi connectivity index (χ1v) is 7.89. The van der Waals surface area contributed by atoms with Gasteiger partial charge in [-0.1, -0.05) is 23.5 Å². The highest BCUT2D eigenvalue weighted by molar-refractivity contribution is 7.17. The maximum atomic E-state index is 11.0. The second-order valence-corrected chi connectivity index (χ2v) is 6.09. The van der Waals surface area contributed by atoms with E-state index in [1.165, 1.54) is 11.1 Å². The van der Waals surface area contributed by atoms with E-state index in [1.807, 2.05) is 36.4 Å². The summed E-state index contributed by atoms with van der Waals surface area (Å²) in [5.74, 6) is -0.944. The van der Waals surface area contributed by atoms with E-state index in [9.17, 15) is 4.79 Å². The molecule has 0 unspecified atom stereocenters. The molecule has 0 atom stereocenters. The molecular formula is C17H15N3O2S. The fourth-order valence-electron chi connectivity index (χ4n) is 2.21. The van der Waals surface area contributed by atoms with Gasteiger partial charge in [-0.3, -0.25) is 4.98 Å². The van der Waals surface area contributed by atoms with Gasteiger partial charge in [0, 0.05) is 18.1 Å². The average molecular weight is 325 g/mol. The molecule has 3 rings (SSSR count). The van der Waals surface area contributed by atoms with Crippen molar-refractivity contribution in [2.45, 2.75) is 13.3 Å². The van der Waals surface area contributed by atoms with Crippen molar-refractivity contribution in [3.8, 4) is 0 Å². The number of nitrogens with one attached hydrogen (secondary N) is 1. The molecule has 6 heteroatoms. The quantitative estimate of drug-likeness (QED) is 0.744. The van der Waals surface area contributed by atoms with Crippen LogP contribution in [0.3, 0.4) is 0 Å². The lowest BCUT2D eigenvalue weighted by Crippen LogP contribution is -1.94. The van der Waals surface area contributed by atoms with Gasteiger partial charge < -0.3 is 10.4 Å². The minimum Gasteiger partial charge on any atom is -0.477 e. The molecule has 2 N–H and O–H groups in total. The highest BCUT2D eigenvalue weighted by Gasteiger charge is 2.13. The van der Waals surface area contributed by atoms with E-state index in [4.69, 9.17) is 5.11 Å². The van der Waals surface area contributed by atoms with Crippen LogP contribution in [0.15, 0.2) is 48.8 Å². The molecule has 0 spiro atoms. The number of carboxylic acid groups (broad SMARTS) is 1. The van der Waals surface area contributed by atoms with Gasteiger partial charge in [-0.15, -0.1) is 0 Å². The summed E-state index contributed by atoms with van der Waals surface area (Å²) in [6.45, 7) is 1.70. The Morgan fingerprint density at radius 3 is 2.39 bits per heavy atom. The summed E-state index contributed by atoms with van der Waals surface area (Å²) in [5, 5.41) is 12.8. The van der Waals surface area contributed by atoms with Crippen molar-refractivity contribution in [1.82, 2.24) is 9.97 Å². The van der Waals surface area contributed by atoms with Gasteiger partial charge in [-0.25, -0.2) is 9.78 Å². The molecule has 23 heavy (non-hydrogen) atoms. The molecule has 2 heterocycles. The van der Waals surface area contributed by atoms with Crippen LogP contribution in [-0.4, -0.2) is 21.0 Å². The summed E-state index contributed by atoms with van der Waals surface area (Å²) in [6.07, 6.45) is 4.43. The SMILES string of the molecule is Cc1nc(Nc2ccc(Cc3ccncc3)cc2)sc1C(=O)O. The van der Waals surface area contributed by atoms with E-state index in [0.29, 0.717) is 10.8 Å². The summed E-state index contributed by atoms with van der Waals surface area (Å²) < 4.78 is 0. The molecular weight excluding hydrogens is 310 g/mol. The summed E-state index contributed by atoms with van der Waals surface area (Å²) in [4.78, 5) is 19.6. The zero-order valence-electron chi connectivity index (χ0n) is 12.5. The van der Waals surface area contributed by atoms with Crippen LogP contribution in [0.5, 0.6) is 0 Å². The number of aromatic carboxylic acids is 1. The van der Waals surface area contributed by atoms with Crippen molar-refractivity contribution in [2.75, 3.05) is 5.32 Å². The van der Waals surface area contributed by atoms with Crippen molar-refractivity contribution < 1.29 is 9.90 Å². The number of pyridine rings is 1. The summed E-state index contributed by atoms with van der Waals surface area (Å²) in [7, 11) is 0. The van der Waals surface area contributed by atoms with Gasteiger partial charge in [-0.2, -0.15) is 0 Å². The molecule has 3 aromatic rings. The lowest BCUT2D eigenvalue weighted by Gasteiger charge is -2.05. The lowest BCUT2D eigenvalue weighted by molar-refractivity contribution is 0.0701. The molecule has 2 aromatic heterocycles. The molecule has 0 bridgehead atoms. The van der Waals surface area contributed by atoms with Gasteiger partial charge in [-0.05, 0) is 48.7 Å². The Labute approximate surface area is 137 Å². The van der Waals surface area contributed by atoms with Crippen LogP contribution in [-0.2, 0) is 6.42 Å². The van der Waals surface area contributed by atoms with E-state index in [1.54, 1.807) is 19.3 Å². The molecule has 1 aromatic carbocycles. The van der Waals surface area contributed by atoms with Gasteiger partial charge in [0.2, 0.25) is 0 Å².